The van der Waals surface area contributed by atoms with Crippen molar-refractivity contribution in [1.82, 2.24) is 0 Å². The van der Waals surface area contributed by atoms with Crippen LogP contribution in [0.15, 0.2) is 0 Å². The molecule has 0 atom stereocenters. The number of nitrogens with zero attached hydrogens (tertiary/aromatic N) is 1. The number of hydrogen-bond donors (Lipinski definition) is 0. The summed E-state index contributed by atoms with van der Waals surface area (Å²) in [6.07, 6.45) is 2.75. The molecule has 4 nitrogen and oxygen atoms in total. The third kappa shape index (κ3) is 6.54. The molecule has 0 spiro atoms. The molecule has 13 heavy (non-hydrogen) atoms. The van der Waals surface area contributed by atoms with Crippen LogP contribution in [0.5, 0.6) is 0 Å². The minimum Gasteiger partial charge on any atom is -0.550 e. The quantitative estimate of drug-likeness (QED) is 0.555. The predicted molar refractivity (Wildman–Crippen MR) is 47.7 cm³/mol. The number of carboxylic acids is 1. The molecule has 1 heterocycles. The van der Waals surface area contributed by atoms with Gasteiger partial charge in [-0.05, 0) is 6.92 Å². The highest BCUT2D eigenvalue weighted by atomic mass is 16.5. The number of carboxylic acid groups (broad SMARTS) is 1. The van der Waals surface area contributed by atoms with Gasteiger partial charge in [0.2, 0.25) is 0 Å². The van der Waals surface area contributed by atoms with E-state index in [0.717, 1.165) is 18.1 Å². The lowest BCUT2D eigenvalue weighted by Crippen LogP contribution is -2.42. The number of methoxy groups -OCH3 is 1. The maximum Gasteiger partial charge on any atom is 0.182 e. The summed E-state index contributed by atoms with van der Waals surface area (Å²) in [5.41, 5.74) is 0. The molecule has 1 rings (SSSR count). The fourth-order valence-corrected chi connectivity index (χ4v) is 1.54. The smallest absolute Gasteiger partial charge is 0.182 e. The van der Waals surface area contributed by atoms with E-state index in [0.29, 0.717) is 0 Å². The number of rotatable bonds is 2. The number of ether oxygens (including phenoxy) is 1. The van der Waals surface area contributed by atoms with Crippen molar-refractivity contribution in [3.05, 3.63) is 0 Å². The third-order valence-electron chi connectivity index (χ3n) is 2.09. The average Bonchev–Trinajstić information content (AvgIpc) is 2.35. The zero-order valence-corrected chi connectivity index (χ0v) is 8.71. The van der Waals surface area contributed by atoms with Gasteiger partial charge in [0, 0.05) is 25.9 Å². The molecule has 1 saturated heterocycles. The van der Waals surface area contributed by atoms with Gasteiger partial charge in [-0.2, -0.15) is 0 Å². The molecular weight excluding hydrogens is 170 g/mol. The molecule has 1 fully saturated rings. The van der Waals surface area contributed by atoms with Gasteiger partial charge < -0.3 is 19.1 Å². The van der Waals surface area contributed by atoms with Crippen molar-refractivity contribution in [3.63, 3.8) is 0 Å². The minimum absolute atomic E-state index is 0.889. The Morgan fingerprint density at radius 3 is 2.15 bits per heavy atom. The predicted octanol–water partition coefficient (Wildman–Crippen LogP) is -0.413. The first-order valence-electron chi connectivity index (χ1n) is 4.50. The van der Waals surface area contributed by atoms with Crippen LogP contribution in [0, 0.1) is 0 Å². The fourth-order valence-electron chi connectivity index (χ4n) is 1.54. The molecule has 0 unspecified atom stereocenters. The summed E-state index contributed by atoms with van der Waals surface area (Å²) in [6.45, 7) is 4.46. The van der Waals surface area contributed by atoms with Crippen molar-refractivity contribution in [2.45, 2.75) is 19.8 Å². The molecule has 0 aromatic carbocycles. The lowest BCUT2D eigenvalue weighted by Gasteiger charge is -2.27. The molecule has 1 aliphatic heterocycles. The standard InChI is InChI=1S/C7H16NO.C2H4O2/c1-8(7-9-2)5-3-4-6-8;1-2(3)4/h3-7H2,1-2H3;1H3,(H,3,4)/q+1;/p-1. The van der Waals surface area contributed by atoms with Crippen LogP contribution in [0.3, 0.4) is 0 Å². The first kappa shape index (κ1) is 12.4. The van der Waals surface area contributed by atoms with Crippen LogP contribution in [0.1, 0.15) is 19.8 Å². The van der Waals surface area contributed by atoms with Crippen LogP contribution >= 0.6 is 0 Å². The summed E-state index contributed by atoms with van der Waals surface area (Å²) >= 11 is 0. The highest BCUT2D eigenvalue weighted by Crippen LogP contribution is 2.14. The van der Waals surface area contributed by atoms with Gasteiger partial charge in [-0.3, -0.25) is 0 Å². The Morgan fingerprint density at radius 2 is 1.85 bits per heavy atom. The Labute approximate surface area is 79.7 Å². The molecule has 0 N–H and O–H groups in total. The van der Waals surface area contributed by atoms with E-state index in [4.69, 9.17) is 14.6 Å². The maximum absolute atomic E-state index is 8.89. The number of quaternary nitrogens is 1. The number of carbonyl (C=O) groups excluding carboxylic acids is 1. The summed E-state index contributed by atoms with van der Waals surface area (Å²) in [7, 11) is 4.04. The molecule has 0 aromatic rings. The SMILES string of the molecule is CC(=O)[O-].COC[N+]1(C)CCCC1. The second kappa shape index (κ2) is 5.94. The van der Waals surface area contributed by atoms with E-state index in [2.05, 4.69) is 7.05 Å². The van der Waals surface area contributed by atoms with E-state index in [1.807, 2.05) is 0 Å². The van der Waals surface area contributed by atoms with Crippen molar-refractivity contribution >= 4 is 5.97 Å². The number of hydrogen-bond acceptors (Lipinski definition) is 3. The van der Waals surface area contributed by atoms with Gasteiger partial charge in [0.05, 0.1) is 20.1 Å². The second-order valence-electron chi connectivity index (χ2n) is 3.68. The van der Waals surface area contributed by atoms with E-state index in [1.54, 1.807) is 7.11 Å². The van der Waals surface area contributed by atoms with E-state index < -0.39 is 5.97 Å². The van der Waals surface area contributed by atoms with Gasteiger partial charge in [-0.15, -0.1) is 0 Å². The Kier molecular flexibility index (Phi) is 5.66. The van der Waals surface area contributed by atoms with Gasteiger partial charge in [-0.1, -0.05) is 0 Å². The number of carbonyl (C=O) groups is 1. The van der Waals surface area contributed by atoms with Crippen LogP contribution < -0.4 is 5.11 Å². The molecular formula is C9H19NO3. The molecule has 0 aliphatic carbocycles. The molecule has 0 saturated carbocycles. The van der Waals surface area contributed by atoms with E-state index in [-0.39, 0.29) is 0 Å². The Balaban J connectivity index is 0.000000310. The number of aliphatic carboxylic acids is 1. The van der Waals surface area contributed by atoms with Crippen LogP contribution in [0.2, 0.25) is 0 Å². The van der Waals surface area contributed by atoms with Crippen molar-refractivity contribution in [2.24, 2.45) is 0 Å². The first-order chi connectivity index (χ1) is 6.00. The van der Waals surface area contributed by atoms with Crippen LogP contribution in [-0.2, 0) is 9.53 Å². The Morgan fingerprint density at radius 1 is 1.46 bits per heavy atom. The third-order valence-corrected chi connectivity index (χ3v) is 2.09. The van der Waals surface area contributed by atoms with E-state index in [9.17, 15) is 0 Å². The summed E-state index contributed by atoms with van der Waals surface area (Å²) in [5.74, 6) is -1.08. The molecule has 0 bridgehead atoms. The topological polar surface area (TPSA) is 49.4 Å². The normalized spacial score (nSPS) is 19.0. The summed E-state index contributed by atoms with van der Waals surface area (Å²) in [5, 5.41) is 8.89. The van der Waals surface area contributed by atoms with Crippen molar-refractivity contribution < 1.29 is 19.1 Å². The van der Waals surface area contributed by atoms with Crippen molar-refractivity contribution in [1.29, 1.82) is 0 Å². The van der Waals surface area contributed by atoms with Gasteiger partial charge in [-0.25, -0.2) is 0 Å². The van der Waals surface area contributed by atoms with E-state index in [1.165, 1.54) is 25.9 Å². The molecule has 0 aromatic heterocycles. The zero-order chi connectivity index (χ0) is 10.3. The van der Waals surface area contributed by atoms with Gasteiger partial charge >= 0.3 is 0 Å². The lowest BCUT2D eigenvalue weighted by atomic mass is 10.4. The fraction of sp³-hybridized carbons (Fsp3) is 0.889. The molecule has 0 radical (unpaired) electrons. The lowest BCUT2D eigenvalue weighted by molar-refractivity contribution is -0.916. The van der Waals surface area contributed by atoms with Crippen LogP contribution in [0.25, 0.3) is 0 Å². The molecule has 1 aliphatic rings. The van der Waals surface area contributed by atoms with E-state index >= 15 is 0 Å². The highest BCUT2D eigenvalue weighted by molar-refractivity contribution is 5.60. The molecule has 4 heteroatoms. The summed E-state index contributed by atoms with van der Waals surface area (Å²) in [4.78, 5) is 8.89. The monoisotopic (exact) mass is 189 g/mol. The van der Waals surface area contributed by atoms with Gasteiger partial charge in [0.15, 0.2) is 6.73 Å². The van der Waals surface area contributed by atoms with Crippen molar-refractivity contribution in [3.8, 4) is 0 Å². The van der Waals surface area contributed by atoms with Crippen LogP contribution in [0.4, 0.5) is 0 Å². The van der Waals surface area contributed by atoms with Crippen LogP contribution in [-0.4, -0.2) is 44.4 Å². The van der Waals surface area contributed by atoms with Gasteiger partial charge in [0.1, 0.15) is 0 Å². The minimum atomic E-state index is -1.08. The molecule has 0 amide bonds. The van der Waals surface area contributed by atoms with Gasteiger partial charge in [0.25, 0.3) is 0 Å². The Bertz CT molecular complexity index is 149. The molecule has 78 valence electrons. The van der Waals surface area contributed by atoms with Crippen molar-refractivity contribution in [2.75, 3.05) is 34.0 Å². The Hall–Kier alpha value is -0.610. The second-order valence-corrected chi connectivity index (χ2v) is 3.68. The summed E-state index contributed by atoms with van der Waals surface area (Å²) in [6, 6.07) is 0. The average molecular weight is 189 g/mol. The zero-order valence-electron chi connectivity index (χ0n) is 8.71. The first-order valence-corrected chi connectivity index (χ1v) is 4.50. The summed E-state index contributed by atoms with van der Waals surface area (Å²) < 4.78 is 6.22. The maximum atomic E-state index is 8.89. The highest BCUT2D eigenvalue weighted by Gasteiger charge is 2.25. The number of likely N-dealkylation sites (tertiary alicyclic amines) is 1. The largest absolute Gasteiger partial charge is 0.550 e.